The molecule has 12 heteroatoms. The molecule has 0 amide bonds. The van der Waals surface area contributed by atoms with Crippen molar-refractivity contribution in [3.8, 4) is 5.75 Å². The van der Waals surface area contributed by atoms with Gasteiger partial charge in [-0.15, -0.1) is 4.28 Å². The molecule has 10 nitrogen and oxygen atoms in total. The second-order valence-corrected chi connectivity index (χ2v) is 9.76. The summed E-state index contributed by atoms with van der Waals surface area (Å²) >= 11 is 0. The van der Waals surface area contributed by atoms with Gasteiger partial charge in [0.2, 0.25) is 0 Å². The van der Waals surface area contributed by atoms with Crippen LogP contribution >= 0.6 is 0 Å². The zero-order valence-corrected chi connectivity index (χ0v) is 18.7. The molecule has 1 aliphatic carbocycles. The minimum atomic E-state index is -4.64. The van der Waals surface area contributed by atoms with E-state index in [2.05, 4.69) is 4.28 Å². The second-order valence-electron chi connectivity index (χ2n) is 6.84. The van der Waals surface area contributed by atoms with Crippen LogP contribution in [0, 0.1) is 0 Å². The molecule has 0 spiro atoms. The summed E-state index contributed by atoms with van der Waals surface area (Å²) in [6.07, 6.45) is 2.63. The predicted molar refractivity (Wildman–Crippen MR) is 114 cm³/mol. The Bertz CT molecular complexity index is 1180. The molecule has 2 aromatic rings. The van der Waals surface area contributed by atoms with Crippen LogP contribution in [0.5, 0.6) is 5.75 Å². The molecule has 0 aliphatic heterocycles. The normalized spacial score (nSPS) is 19.0. The van der Waals surface area contributed by atoms with E-state index in [-0.39, 0.29) is 17.7 Å². The van der Waals surface area contributed by atoms with Gasteiger partial charge in [0.05, 0.1) is 23.6 Å². The number of nitrogens with two attached hydrogens (primary N) is 1. The molecule has 1 aliphatic rings. The molecule has 2 atom stereocenters. The molecule has 172 valence electrons. The Kier molecular flexibility index (Phi) is 7.31. The minimum absolute atomic E-state index is 0.119. The lowest BCUT2D eigenvalue weighted by Gasteiger charge is -2.30. The number of hydrogen-bond donors (Lipinski definition) is 1. The number of hydrogen-bond acceptors (Lipinski definition) is 8. The molecular weight excluding hydrogens is 460 g/mol. The fourth-order valence-corrected chi connectivity index (χ4v) is 5.17. The number of carbonyl (C=O) groups excluding carboxylic acids is 1. The van der Waals surface area contributed by atoms with Crippen molar-refractivity contribution < 1.29 is 35.4 Å². The Morgan fingerprint density at radius 1 is 0.969 bits per heavy atom. The van der Waals surface area contributed by atoms with E-state index in [1.165, 1.54) is 43.5 Å². The van der Waals surface area contributed by atoms with Gasteiger partial charge in [-0.2, -0.15) is 8.42 Å². The smallest absolute Gasteiger partial charge is 0.350 e. The van der Waals surface area contributed by atoms with Crippen molar-refractivity contribution in [1.29, 1.82) is 0 Å². The number of hydroxylamine groups is 1. The quantitative estimate of drug-likeness (QED) is 0.341. The van der Waals surface area contributed by atoms with Gasteiger partial charge in [-0.05, 0) is 55.3 Å². The van der Waals surface area contributed by atoms with Crippen molar-refractivity contribution in [2.45, 2.75) is 29.9 Å². The topological polar surface area (TPSA) is 142 Å². The summed E-state index contributed by atoms with van der Waals surface area (Å²) < 4.78 is 64.7. The van der Waals surface area contributed by atoms with E-state index in [9.17, 15) is 21.6 Å². The molecule has 0 aromatic heterocycles. The Labute approximate surface area is 186 Å². The lowest BCUT2D eigenvalue weighted by molar-refractivity contribution is 0.00446. The van der Waals surface area contributed by atoms with Crippen molar-refractivity contribution in [3.63, 3.8) is 0 Å². The third-order valence-corrected chi connectivity index (χ3v) is 6.75. The van der Waals surface area contributed by atoms with Gasteiger partial charge in [-0.3, -0.25) is 0 Å². The van der Waals surface area contributed by atoms with E-state index in [4.69, 9.17) is 14.6 Å². The van der Waals surface area contributed by atoms with E-state index in [1.54, 1.807) is 30.3 Å². The number of benzene rings is 2. The zero-order chi connectivity index (χ0) is 23.4. The van der Waals surface area contributed by atoms with Gasteiger partial charge in [0, 0.05) is 0 Å². The molecule has 0 saturated heterocycles. The fourth-order valence-electron chi connectivity index (χ4n) is 3.06. The summed E-state index contributed by atoms with van der Waals surface area (Å²) in [6.45, 7) is 0. The highest BCUT2D eigenvalue weighted by atomic mass is 32.2. The Morgan fingerprint density at radius 3 is 2.16 bits per heavy atom. The number of carbonyl (C=O) groups is 1. The van der Waals surface area contributed by atoms with Crippen molar-refractivity contribution >= 4 is 26.3 Å². The summed E-state index contributed by atoms with van der Waals surface area (Å²) in [5.41, 5.74) is 0.379. The van der Waals surface area contributed by atoms with Gasteiger partial charge in [0.1, 0.15) is 11.9 Å². The van der Waals surface area contributed by atoms with E-state index in [0.717, 1.165) is 0 Å². The average Bonchev–Trinajstić information content (AvgIpc) is 2.78. The number of methoxy groups -OCH3 is 1. The van der Waals surface area contributed by atoms with Crippen LogP contribution in [-0.2, 0) is 29.3 Å². The van der Waals surface area contributed by atoms with Crippen LogP contribution in [0.1, 0.15) is 23.2 Å². The molecule has 0 heterocycles. The van der Waals surface area contributed by atoms with E-state index < -0.39 is 38.4 Å². The molecule has 0 fully saturated rings. The first-order valence-corrected chi connectivity index (χ1v) is 12.4. The maximum atomic E-state index is 13.1. The Balaban J connectivity index is 1.80. The van der Waals surface area contributed by atoms with Gasteiger partial charge >= 0.3 is 16.3 Å². The van der Waals surface area contributed by atoms with Gasteiger partial charge in [0.25, 0.3) is 10.0 Å². The van der Waals surface area contributed by atoms with Crippen LogP contribution < -0.4 is 9.88 Å². The third kappa shape index (κ3) is 5.93. The maximum absolute atomic E-state index is 13.1. The number of ether oxygens (including phenoxy) is 2. The molecule has 2 N–H and O–H groups in total. The van der Waals surface area contributed by atoms with E-state index >= 15 is 0 Å². The largest absolute Gasteiger partial charge is 0.497 e. The number of nitrogens with zero attached hydrogens (tertiary/aromatic N) is 1. The summed E-state index contributed by atoms with van der Waals surface area (Å²) in [5.74, 6) is -0.106. The summed E-state index contributed by atoms with van der Waals surface area (Å²) in [6, 6.07) is 12.7. The zero-order valence-electron chi connectivity index (χ0n) is 17.0. The van der Waals surface area contributed by atoms with Crippen LogP contribution in [0.25, 0.3) is 0 Å². The Morgan fingerprint density at radius 2 is 1.62 bits per heavy atom. The highest BCUT2D eigenvalue weighted by Crippen LogP contribution is 2.27. The molecule has 0 bridgehead atoms. The van der Waals surface area contributed by atoms with Crippen molar-refractivity contribution in [2.75, 3.05) is 7.11 Å². The maximum Gasteiger partial charge on any atom is 0.350 e. The van der Waals surface area contributed by atoms with Gasteiger partial charge in [0.15, 0.2) is 0 Å². The summed E-state index contributed by atoms with van der Waals surface area (Å²) in [5, 5.41) is 4.95. The van der Waals surface area contributed by atoms with Crippen molar-refractivity contribution in [2.24, 2.45) is 5.14 Å². The molecule has 0 radical (unpaired) electrons. The molecular formula is C20H22N2O8S2. The van der Waals surface area contributed by atoms with Crippen molar-refractivity contribution in [1.82, 2.24) is 4.47 Å². The van der Waals surface area contributed by atoms with E-state index in [0.29, 0.717) is 15.8 Å². The van der Waals surface area contributed by atoms with Gasteiger partial charge in [-0.1, -0.05) is 28.7 Å². The predicted octanol–water partition coefficient (Wildman–Crippen LogP) is 1.77. The fraction of sp³-hybridized carbons (Fsp3) is 0.250. The highest BCUT2D eigenvalue weighted by molar-refractivity contribution is 7.90. The van der Waals surface area contributed by atoms with Crippen molar-refractivity contribution in [3.05, 3.63) is 72.3 Å². The first-order valence-electron chi connectivity index (χ1n) is 9.45. The highest BCUT2D eigenvalue weighted by Gasteiger charge is 2.37. The number of esters is 1. The summed E-state index contributed by atoms with van der Waals surface area (Å²) in [7, 11) is -7.62. The lowest BCUT2D eigenvalue weighted by atomic mass is 10.0. The number of sulfonamides is 1. The summed E-state index contributed by atoms with van der Waals surface area (Å²) in [4.78, 5) is 12.0. The van der Waals surface area contributed by atoms with E-state index in [1.807, 2.05) is 0 Å². The molecule has 3 rings (SSSR count). The minimum Gasteiger partial charge on any atom is -0.497 e. The Hall–Kier alpha value is -2.77. The second kappa shape index (κ2) is 9.79. The first-order chi connectivity index (χ1) is 15.1. The van der Waals surface area contributed by atoms with Crippen LogP contribution in [-0.4, -0.2) is 46.5 Å². The first kappa shape index (κ1) is 23.9. The number of rotatable bonds is 8. The van der Waals surface area contributed by atoms with Crippen LogP contribution in [0.15, 0.2) is 71.6 Å². The molecule has 2 aromatic carbocycles. The van der Waals surface area contributed by atoms with Crippen LogP contribution in [0.4, 0.5) is 0 Å². The lowest BCUT2D eigenvalue weighted by Crippen LogP contribution is -2.44. The molecule has 32 heavy (non-hydrogen) atoms. The molecule has 0 saturated carbocycles. The van der Waals surface area contributed by atoms with Crippen LogP contribution in [0.3, 0.4) is 0 Å². The standard InChI is InChI=1S/C20H22N2O8S2/c1-28-17-11-13-19(14-12-17)31(24,25)22(30-32(21,26)27)16-7-9-18(10-8-16)29-20(23)15-5-3-2-4-6-15/h2-7,9,11-14,16,18H,8,10H2,1H3,(H2,21,26,27)/t16-,18+/m1/s1. The third-order valence-electron chi connectivity index (χ3n) is 4.61. The molecule has 0 unspecified atom stereocenters. The average molecular weight is 483 g/mol. The van der Waals surface area contributed by atoms with Crippen LogP contribution in [0.2, 0.25) is 0 Å². The van der Waals surface area contributed by atoms with Gasteiger partial charge in [-0.25, -0.2) is 18.4 Å². The monoisotopic (exact) mass is 482 g/mol. The van der Waals surface area contributed by atoms with Gasteiger partial charge < -0.3 is 9.47 Å². The SMILES string of the molecule is COc1ccc(S(=O)(=O)N(OS(N)(=O)=O)[C@@H]2C=C[C@H](OC(=O)c3ccccc3)CC2)cc1.